The van der Waals surface area contributed by atoms with Gasteiger partial charge in [0.25, 0.3) is 0 Å². The van der Waals surface area contributed by atoms with Crippen molar-refractivity contribution in [3.05, 3.63) is 5.69 Å². The van der Waals surface area contributed by atoms with Gasteiger partial charge < -0.3 is 15.8 Å². The van der Waals surface area contributed by atoms with Crippen molar-refractivity contribution in [3.63, 3.8) is 0 Å². The first kappa shape index (κ1) is 13.8. The number of nitrogen functional groups attached to an aromatic ring is 1. The van der Waals surface area contributed by atoms with E-state index >= 15 is 0 Å². The molecule has 17 heavy (non-hydrogen) atoms. The maximum Gasteiger partial charge on any atom is 0.148 e. The number of nitrogens with zero attached hydrogens (tertiary/aromatic N) is 2. The van der Waals surface area contributed by atoms with Gasteiger partial charge in [-0.3, -0.25) is 0 Å². The molecule has 5 nitrogen and oxygen atoms in total. The van der Waals surface area contributed by atoms with Crippen LogP contribution >= 0.6 is 0 Å². The highest BCUT2D eigenvalue weighted by atomic mass is 16.5. The molecule has 0 spiro atoms. The van der Waals surface area contributed by atoms with Gasteiger partial charge in [-0.25, -0.2) is 4.68 Å². The van der Waals surface area contributed by atoms with E-state index in [1.54, 1.807) is 7.11 Å². The van der Waals surface area contributed by atoms with Gasteiger partial charge in [-0.2, -0.15) is 5.10 Å². The molecule has 1 aromatic heterocycles. The molecule has 0 bridgehead atoms. The SMILES string of the molecule is CCn1nc(C)c(N)c1NCCCCCOC. The van der Waals surface area contributed by atoms with Gasteiger partial charge in [0.2, 0.25) is 0 Å². The summed E-state index contributed by atoms with van der Waals surface area (Å²) in [5.41, 5.74) is 7.64. The van der Waals surface area contributed by atoms with Crippen molar-refractivity contribution in [2.24, 2.45) is 0 Å². The number of aromatic nitrogens is 2. The Kier molecular flexibility index (Phi) is 5.83. The Morgan fingerprint density at radius 2 is 2.12 bits per heavy atom. The molecular formula is C12H24N4O. The molecule has 98 valence electrons. The van der Waals surface area contributed by atoms with Gasteiger partial charge in [0, 0.05) is 26.8 Å². The van der Waals surface area contributed by atoms with Gasteiger partial charge in [0.1, 0.15) is 5.82 Å². The monoisotopic (exact) mass is 240 g/mol. The molecule has 0 unspecified atom stereocenters. The summed E-state index contributed by atoms with van der Waals surface area (Å²) in [4.78, 5) is 0. The molecule has 0 aliphatic rings. The van der Waals surface area contributed by atoms with Gasteiger partial charge in [0.15, 0.2) is 0 Å². The second-order valence-electron chi connectivity index (χ2n) is 4.14. The normalized spacial score (nSPS) is 10.8. The number of rotatable bonds is 8. The Labute approximate surface area is 103 Å². The Morgan fingerprint density at radius 1 is 1.35 bits per heavy atom. The molecule has 1 heterocycles. The van der Waals surface area contributed by atoms with Crippen LogP contribution in [0.25, 0.3) is 0 Å². The van der Waals surface area contributed by atoms with Crippen LogP contribution in [-0.2, 0) is 11.3 Å². The summed E-state index contributed by atoms with van der Waals surface area (Å²) < 4.78 is 6.93. The third kappa shape index (κ3) is 3.93. The summed E-state index contributed by atoms with van der Waals surface area (Å²) in [6.07, 6.45) is 3.40. The van der Waals surface area contributed by atoms with Crippen molar-refractivity contribution in [1.82, 2.24) is 9.78 Å². The van der Waals surface area contributed by atoms with Crippen molar-refractivity contribution in [3.8, 4) is 0 Å². The van der Waals surface area contributed by atoms with Crippen LogP contribution in [0.2, 0.25) is 0 Å². The van der Waals surface area contributed by atoms with Crippen LogP contribution in [0.5, 0.6) is 0 Å². The third-order valence-electron chi connectivity index (χ3n) is 2.79. The smallest absolute Gasteiger partial charge is 0.148 e. The van der Waals surface area contributed by atoms with E-state index < -0.39 is 0 Å². The predicted molar refractivity (Wildman–Crippen MR) is 71.3 cm³/mol. The highest BCUT2D eigenvalue weighted by Gasteiger charge is 2.10. The minimum absolute atomic E-state index is 0.767. The zero-order valence-corrected chi connectivity index (χ0v) is 11.1. The molecule has 0 radical (unpaired) electrons. The Hall–Kier alpha value is -1.23. The van der Waals surface area contributed by atoms with Crippen LogP contribution in [-0.4, -0.2) is 30.0 Å². The number of unbranched alkanes of at least 4 members (excludes halogenated alkanes) is 2. The lowest BCUT2D eigenvalue weighted by molar-refractivity contribution is 0.192. The number of aryl methyl sites for hydroxylation is 2. The molecule has 0 aromatic carbocycles. The zero-order chi connectivity index (χ0) is 12.7. The lowest BCUT2D eigenvalue weighted by Gasteiger charge is -2.09. The standard InChI is InChI=1S/C12H24N4O/c1-4-16-12(11(13)10(2)15-16)14-8-6-5-7-9-17-3/h14H,4-9,13H2,1-3H3. The molecule has 0 fully saturated rings. The summed E-state index contributed by atoms with van der Waals surface area (Å²) in [6, 6.07) is 0. The zero-order valence-electron chi connectivity index (χ0n) is 11.1. The number of nitrogens with two attached hydrogens (primary N) is 1. The molecule has 0 amide bonds. The van der Waals surface area contributed by atoms with Crippen LogP contribution in [0.15, 0.2) is 0 Å². The van der Waals surface area contributed by atoms with Gasteiger partial charge in [0.05, 0.1) is 11.4 Å². The molecule has 3 N–H and O–H groups in total. The lowest BCUT2D eigenvalue weighted by atomic mass is 10.2. The number of hydrogen-bond donors (Lipinski definition) is 2. The van der Waals surface area contributed by atoms with Crippen LogP contribution in [0, 0.1) is 6.92 Å². The van der Waals surface area contributed by atoms with Gasteiger partial charge in [-0.05, 0) is 33.1 Å². The highest BCUT2D eigenvalue weighted by molar-refractivity contribution is 5.64. The van der Waals surface area contributed by atoms with Crippen molar-refractivity contribution in [2.75, 3.05) is 31.3 Å². The Bertz CT molecular complexity index is 335. The van der Waals surface area contributed by atoms with E-state index in [0.717, 1.165) is 49.7 Å². The van der Waals surface area contributed by atoms with E-state index in [4.69, 9.17) is 10.5 Å². The third-order valence-corrected chi connectivity index (χ3v) is 2.79. The quantitative estimate of drug-likeness (QED) is 0.682. The number of hydrogen-bond acceptors (Lipinski definition) is 4. The first-order chi connectivity index (χ1) is 8.20. The summed E-state index contributed by atoms with van der Waals surface area (Å²) in [5.74, 6) is 0.955. The average Bonchev–Trinajstić information content (AvgIpc) is 2.60. The van der Waals surface area contributed by atoms with Gasteiger partial charge >= 0.3 is 0 Å². The minimum atomic E-state index is 0.767. The fourth-order valence-corrected chi connectivity index (χ4v) is 1.77. The second-order valence-corrected chi connectivity index (χ2v) is 4.14. The molecule has 0 saturated carbocycles. The topological polar surface area (TPSA) is 65.1 Å². The average molecular weight is 240 g/mol. The Balaban J connectivity index is 2.35. The summed E-state index contributed by atoms with van der Waals surface area (Å²) >= 11 is 0. The van der Waals surface area contributed by atoms with Crippen LogP contribution < -0.4 is 11.1 Å². The van der Waals surface area contributed by atoms with Crippen LogP contribution in [0.4, 0.5) is 11.5 Å². The maximum absolute atomic E-state index is 5.98. The first-order valence-electron chi connectivity index (χ1n) is 6.26. The van der Waals surface area contributed by atoms with Crippen LogP contribution in [0.3, 0.4) is 0 Å². The minimum Gasteiger partial charge on any atom is -0.394 e. The first-order valence-corrected chi connectivity index (χ1v) is 6.26. The van der Waals surface area contributed by atoms with Crippen molar-refractivity contribution in [2.45, 2.75) is 39.7 Å². The summed E-state index contributed by atoms with van der Waals surface area (Å²) in [7, 11) is 1.74. The maximum atomic E-state index is 5.98. The van der Waals surface area contributed by atoms with E-state index in [-0.39, 0.29) is 0 Å². The molecule has 5 heteroatoms. The van der Waals surface area contributed by atoms with Crippen molar-refractivity contribution in [1.29, 1.82) is 0 Å². The molecule has 0 saturated heterocycles. The van der Waals surface area contributed by atoms with Gasteiger partial charge in [-0.15, -0.1) is 0 Å². The van der Waals surface area contributed by atoms with Gasteiger partial charge in [-0.1, -0.05) is 0 Å². The van der Waals surface area contributed by atoms with E-state index in [2.05, 4.69) is 17.3 Å². The van der Waals surface area contributed by atoms with E-state index in [9.17, 15) is 0 Å². The number of nitrogens with one attached hydrogen (secondary N) is 1. The fourth-order valence-electron chi connectivity index (χ4n) is 1.77. The fraction of sp³-hybridized carbons (Fsp3) is 0.750. The highest BCUT2D eigenvalue weighted by Crippen LogP contribution is 2.21. The molecule has 0 atom stereocenters. The number of ether oxygens (including phenoxy) is 1. The number of anilines is 2. The molecule has 1 aromatic rings. The van der Waals surface area contributed by atoms with E-state index in [1.807, 2.05) is 11.6 Å². The Morgan fingerprint density at radius 3 is 2.76 bits per heavy atom. The molecule has 1 rings (SSSR count). The molecule has 0 aliphatic heterocycles. The lowest BCUT2D eigenvalue weighted by Crippen LogP contribution is -2.09. The number of methoxy groups -OCH3 is 1. The van der Waals surface area contributed by atoms with Crippen molar-refractivity contribution >= 4 is 11.5 Å². The molecular weight excluding hydrogens is 216 g/mol. The van der Waals surface area contributed by atoms with Crippen LogP contribution in [0.1, 0.15) is 31.9 Å². The second kappa shape index (κ2) is 7.17. The molecule has 0 aliphatic carbocycles. The van der Waals surface area contributed by atoms with E-state index in [1.165, 1.54) is 6.42 Å². The summed E-state index contributed by atoms with van der Waals surface area (Å²) in [5, 5.41) is 7.73. The predicted octanol–water partition coefficient (Wildman–Crippen LogP) is 2.02. The van der Waals surface area contributed by atoms with Crippen molar-refractivity contribution < 1.29 is 4.74 Å². The summed E-state index contributed by atoms with van der Waals surface area (Å²) in [6.45, 7) is 6.61. The largest absolute Gasteiger partial charge is 0.394 e. The van der Waals surface area contributed by atoms with E-state index in [0.29, 0.717) is 0 Å².